The number of aromatic nitrogens is 3. The predicted molar refractivity (Wildman–Crippen MR) is 82.1 cm³/mol. The maximum Gasteiger partial charge on any atom is 0.188 e. The summed E-state index contributed by atoms with van der Waals surface area (Å²) >= 11 is 7.34. The molecule has 0 saturated heterocycles. The fourth-order valence-corrected chi connectivity index (χ4v) is 3.39. The molecule has 6 heteroatoms. The summed E-state index contributed by atoms with van der Waals surface area (Å²) in [4.78, 5) is 13.4. The van der Waals surface area contributed by atoms with Gasteiger partial charge in [0.2, 0.25) is 0 Å². The lowest BCUT2D eigenvalue weighted by Crippen LogP contribution is -2.26. The average Bonchev–Trinajstić information content (AvgIpc) is 2.91. The zero-order valence-electron chi connectivity index (χ0n) is 11.4. The van der Waals surface area contributed by atoms with Crippen LogP contribution in [0.2, 0.25) is 4.34 Å². The number of rotatable bonds is 4. The molecule has 0 aromatic carbocycles. The lowest BCUT2D eigenvalue weighted by atomic mass is 9.92. The summed E-state index contributed by atoms with van der Waals surface area (Å²) in [6, 6.07) is 0.396. The van der Waals surface area contributed by atoms with Crippen LogP contribution in [0.3, 0.4) is 0 Å². The summed E-state index contributed by atoms with van der Waals surface area (Å²) in [5, 5.41) is 4.37. The van der Waals surface area contributed by atoms with Gasteiger partial charge in [0.25, 0.3) is 0 Å². The number of fused-ring (bicyclic) bond motifs is 1. The Morgan fingerprint density at radius 2 is 2.30 bits per heavy atom. The van der Waals surface area contributed by atoms with Gasteiger partial charge in [0.1, 0.15) is 4.34 Å². The highest BCUT2D eigenvalue weighted by Crippen LogP contribution is 2.31. The van der Waals surface area contributed by atoms with Crippen molar-refractivity contribution in [1.29, 1.82) is 0 Å². The monoisotopic (exact) mass is 308 g/mol. The van der Waals surface area contributed by atoms with E-state index in [4.69, 9.17) is 16.6 Å². The number of hydrogen-bond acceptors (Lipinski definition) is 5. The molecule has 1 aliphatic rings. The van der Waals surface area contributed by atoms with Gasteiger partial charge in [-0.2, -0.15) is 0 Å². The van der Waals surface area contributed by atoms with Crippen LogP contribution in [0.1, 0.15) is 43.5 Å². The van der Waals surface area contributed by atoms with Gasteiger partial charge < -0.3 is 5.32 Å². The highest BCUT2D eigenvalue weighted by atomic mass is 35.5. The largest absolute Gasteiger partial charge is 0.310 e. The second-order valence-electron chi connectivity index (χ2n) is 4.96. The third-order valence-electron chi connectivity index (χ3n) is 3.49. The lowest BCUT2D eigenvalue weighted by Gasteiger charge is -2.25. The fourth-order valence-electron chi connectivity index (χ4n) is 2.54. The van der Waals surface area contributed by atoms with Crippen molar-refractivity contribution in [2.45, 2.75) is 38.6 Å². The Labute approximate surface area is 127 Å². The summed E-state index contributed by atoms with van der Waals surface area (Å²) in [7, 11) is 0. The minimum atomic E-state index is 0.396. The van der Waals surface area contributed by atoms with E-state index in [0.29, 0.717) is 16.2 Å². The highest BCUT2D eigenvalue weighted by Gasteiger charge is 2.22. The van der Waals surface area contributed by atoms with Crippen molar-refractivity contribution < 1.29 is 0 Å². The molecule has 0 saturated carbocycles. The van der Waals surface area contributed by atoms with E-state index in [1.54, 1.807) is 6.20 Å². The standard InChI is InChI=1S/C14H17ClN4S/c1-2-6-16-10-4-3-5-11-9(10)7-17-13(19-11)14-18-8-12(15)20-14/h7-8,10,16H,2-6H2,1H3. The predicted octanol–water partition coefficient (Wildman–Crippen LogP) is 3.63. The van der Waals surface area contributed by atoms with Crippen LogP contribution in [0.15, 0.2) is 12.4 Å². The Kier molecular flexibility index (Phi) is 4.29. The van der Waals surface area contributed by atoms with Gasteiger partial charge >= 0.3 is 0 Å². The van der Waals surface area contributed by atoms with Gasteiger partial charge in [-0.15, -0.1) is 0 Å². The van der Waals surface area contributed by atoms with E-state index in [-0.39, 0.29) is 0 Å². The van der Waals surface area contributed by atoms with Crippen LogP contribution in [0, 0.1) is 0 Å². The van der Waals surface area contributed by atoms with Gasteiger partial charge in [-0.1, -0.05) is 29.9 Å². The summed E-state index contributed by atoms with van der Waals surface area (Å²) in [5.74, 6) is 0.691. The van der Waals surface area contributed by atoms with Gasteiger partial charge in [0.15, 0.2) is 10.8 Å². The zero-order chi connectivity index (χ0) is 13.9. The second kappa shape index (κ2) is 6.16. The van der Waals surface area contributed by atoms with Crippen molar-refractivity contribution >= 4 is 22.9 Å². The van der Waals surface area contributed by atoms with E-state index >= 15 is 0 Å². The number of hydrogen-bond donors (Lipinski definition) is 1. The summed E-state index contributed by atoms with van der Waals surface area (Å²) in [6.45, 7) is 3.22. The molecule has 1 unspecified atom stereocenters. The molecule has 1 atom stereocenters. The lowest BCUT2D eigenvalue weighted by molar-refractivity contribution is 0.454. The fraction of sp³-hybridized carbons (Fsp3) is 0.500. The molecular weight excluding hydrogens is 292 g/mol. The zero-order valence-corrected chi connectivity index (χ0v) is 13.0. The molecule has 3 rings (SSSR count). The molecule has 20 heavy (non-hydrogen) atoms. The molecule has 0 spiro atoms. The molecule has 0 bridgehead atoms. The SMILES string of the molecule is CCCNC1CCCc2nc(-c3ncc(Cl)s3)ncc21. The molecule has 2 heterocycles. The number of nitrogens with one attached hydrogen (secondary N) is 1. The molecule has 2 aromatic rings. The van der Waals surface area contributed by atoms with Gasteiger partial charge in [-0.3, -0.25) is 0 Å². The van der Waals surface area contributed by atoms with E-state index in [1.165, 1.54) is 29.7 Å². The van der Waals surface area contributed by atoms with E-state index in [0.717, 1.165) is 30.1 Å². The van der Waals surface area contributed by atoms with Gasteiger partial charge in [0, 0.05) is 23.5 Å². The topological polar surface area (TPSA) is 50.7 Å². The Balaban J connectivity index is 1.88. The molecule has 0 amide bonds. The van der Waals surface area contributed by atoms with Gasteiger partial charge in [0.05, 0.1) is 6.20 Å². The number of thiazole rings is 1. The van der Waals surface area contributed by atoms with Crippen molar-refractivity contribution in [3.8, 4) is 10.8 Å². The first-order chi connectivity index (χ1) is 9.78. The van der Waals surface area contributed by atoms with E-state index in [9.17, 15) is 0 Å². The molecule has 2 aromatic heterocycles. The van der Waals surface area contributed by atoms with Crippen LogP contribution in [-0.2, 0) is 6.42 Å². The minimum Gasteiger partial charge on any atom is -0.310 e. The Hall–Kier alpha value is -1.04. The summed E-state index contributed by atoms with van der Waals surface area (Å²) in [5.41, 5.74) is 2.40. The Bertz CT molecular complexity index is 599. The van der Waals surface area contributed by atoms with Crippen molar-refractivity contribution in [2.75, 3.05) is 6.54 Å². The van der Waals surface area contributed by atoms with Crippen LogP contribution >= 0.6 is 22.9 Å². The molecule has 106 valence electrons. The number of nitrogens with zero attached hydrogens (tertiary/aromatic N) is 3. The van der Waals surface area contributed by atoms with Crippen LogP contribution in [0.5, 0.6) is 0 Å². The molecule has 1 aliphatic carbocycles. The van der Waals surface area contributed by atoms with Crippen LogP contribution in [0.25, 0.3) is 10.8 Å². The molecule has 1 N–H and O–H groups in total. The van der Waals surface area contributed by atoms with Crippen molar-refractivity contribution in [3.63, 3.8) is 0 Å². The number of halogens is 1. The quantitative estimate of drug-likeness (QED) is 0.937. The molecule has 0 fully saturated rings. The first-order valence-electron chi connectivity index (χ1n) is 6.99. The van der Waals surface area contributed by atoms with Crippen LogP contribution in [-0.4, -0.2) is 21.5 Å². The van der Waals surface area contributed by atoms with Crippen molar-refractivity contribution in [1.82, 2.24) is 20.3 Å². The van der Waals surface area contributed by atoms with Crippen molar-refractivity contribution in [2.24, 2.45) is 0 Å². The van der Waals surface area contributed by atoms with Gasteiger partial charge in [-0.25, -0.2) is 15.0 Å². The normalized spacial score (nSPS) is 18.0. The Morgan fingerprint density at radius 1 is 1.40 bits per heavy atom. The number of aryl methyl sites for hydroxylation is 1. The van der Waals surface area contributed by atoms with E-state index in [1.807, 2.05) is 6.20 Å². The van der Waals surface area contributed by atoms with Gasteiger partial charge in [-0.05, 0) is 32.2 Å². The maximum atomic E-state index is 5.92. The first kappa shape index (κ1) is 13.9. The van der Waals surface area contributed by atoms with Crippen LogP contribution in [0.4, 0.5) is 0 Å². The molecule has 0 aliphatic heterocycles. The van der Waals surface area contributed by atoms with Crippen molar-refractivity contribution in [3.05, 3.63) is 28.0 Å². The summed E-state index contributed by atoms with van der Waals surface area (Å²) < 4.78 is 0.670. The van der Waals surface area contributed by atoms with Crippen LogP contribution < -0.4 is 5.32 Å². The average molecular weight is 309 g/mol. The van der Waals surface area contributed by atoms with E-state index < -0.39 is 0 Å². The third kappa shape index (κ3) is 2.85. The first-order valence-corrected chi connectivity index (χ1v) is 8.18. The second-order valence-corrected chi connectivity index (χ2v) is 6.63. The minimum absolute atomic E-state index is 0.396. The van der Waals surface area contributed by atoms with E-state index in [2.05, 4.69) is 22.2 Å². The molecule has 4 nitrogen and oxygen atoms in total. The molecule has 0 radical (unpaired) electrons. The Morgan fingerprint density at radius 3 is 3.05 bits per heavy atom. The third-order valence-corrected chi connectivity index (χ3v) is 4.60. The summed E-state index contributed by atoms with van der Waals surface area (Å²) in [6.07, 6.45) is 8.11. The maximum absolute atomic E-state index is 5.92. The smallest absolute Gasteiger partial charge is 0.188 e. The highest BCUT2D eigenvalue weighted by molar-refractivity contribution is 7.18. The molecular formula is C14H17ClN4S.